The molecule has 0 radical (unpaired) electrons. The first-order valence-corrected chi connectivity index (χ1v) is 5.65. The predicted molar refractivity (Wildman–Crippen MR) is 67.2 cm³/mol. The third kappa shape index (κ3) is 2.69. The lowest BCUT2D eigenvalue weighted by Gasteiger charge is -2.11. The van der Waals surface area contributed by atoms with Crippen LogP contribution >= 0.6 is 45.2 Å². The molecule has 0 N–H and O–H groups in total. The van der Waals surface area contributed by atoms with Crippen molar-refractivity contribution >= 4 is 51.0 Å². The van der Waals surface area contributed by atoms with Crippen LogP contribution in [0.25, 0.3) is 0 Å². The standard InChI is InChI=1S/C9H8I2O/c1-9(10,11)8(12)7-5-3-2-4-6-7/h2-6H,1H3. The first kappa shape index (κ1) is 10.4. The summed E-state index contributed by atoms with van der Waals surface area (Å²) in [5.74, 6) is 0.171. The highest BCUT2D eigenvalue weighted by molar-refractivity contribution is 14.2. The van der Waals surface area contributed by atoms with Crippen LogP contribution in [0, 0.1) is 0 Å². The van der Waals surface area contributed by atoms with E-state index in [9.17, 15) is 4.79 Å². The van der Waals surface area contributed by atoms with Crippen molar-refractivity contribution < 1.29 is 4.79 Å². The smallest absolute Gasteiger partial charge is 0.188 e. The number of rotatable bonds is 2. The van der Waals surface area contributed by atoms with Gasteiger partial charge in [0, 0.05) is 5.56 Å². The van der Waals surface area contributed by atoms with Crippen LogP contribution < -0.4 is 0 Å². The molecule has 0 aliphatic heterocycles. The molecule has 1 nitrogen and oxygen atoms in total. The summed E-state index contributed by atoms with van der Waals surface area (Å²) in [7, 11) is 0. The van der Waals surface area contributed by atoms with Gasteiger partial charge in [-0.25, -0.2) is 0 Å². The van der Waals surface area contributed by atoms with E-state index in [1.165, 1.54) is 0 Å². The Balaban J connectivity index is 2.94. The minimum Gasteiger partial charge on any atom is -0.292 e. The van der Waals surface area contributed by atoms with Crippen LogP contribution in [0.1, 0.15) is 17.3 Å². The third-order valence-electron chi connectivity index (χ3n) is 1.43. The van der Waals surface area contributed by atoms with Crippen molar-refractivity contribution in [3.05, 3.63) is 35.9 Å². The highest BCUT2D eigenvalue weighted by atomic mass is 127. The van der Waals surface area contributed by atoms with E-state index in [1.807, 2.05) is 37.3 Å². The second kappa shape index (κ2) is 4.04. The van der Waals surface area contributed by atoms with Crippen LogP contribution in [0.3, 0.4) is 0 Å². The molecule has 3 heteroatoms. The summed E-state index contributed by atoms with van der Waals surface area (Å²) in [4.78, 5) is 11.7. The van der Waals surface area contributed by atoms with Crippen LogP contribution in [0.4, 0.5) is 0 Å². The summed E-state index contributed by atoms with van der Waals surface area (Å²) >= 11 is 4.29. The van der Waals surface area contributed by atoms with Crippen molar-refractivity contribution in [2.75, 3.05) is 0 Å². The first-order chi connectivity index (χ1) is 5.52. The van der Waals surface area contributed by atoms with Gasteiger partial charge < -0.3 is 0 Å². The molecule has 0 amide bonds. The maximum Gasteiger partial charge on any atom is 0.188 e. The van der Waals surface area contributed by atoms with Gasteiger partial charge in [-0.2, -0.15) is 0 Å². The number of benzene rings is 1. The van der Waals surface area contributed by atoms with Crippen LogP contribution in [-0.4, -0.2) is 7.21 Å². The van der Waals surface area contributed by atoms with Crippen molar-refractivity contribution in [2.24, 2.45) is 0 Å². The van der Waals surface area contributed by atoms with Gasteiger partial charge in [0.25, 0.3) is 0 Å². The lowest BCUT2D eigenvalue weighted by atomic mass is 10.1. The normalized spacial score (nSPS) is 11.2. The quantitative estimate of drug-likeness (QED) is 0.433. The number of ketones is 1. The van der Waals surface area contributed by atoms with Crippen LogP contribution in [-0.2, 0) is 0 Å². The minimum absolute atomic E-state index is 0.171. The van der Waals surface area contributed by atoms with Crippen molar-refractivity contribution in [3.63, 3.8) is 0 Å². The number of alkyl halides is 2. The third-order valence-corrected chi connectivity index (χ3v) is 2.41. The molecule has 0 heterocycles. The molecule has 0 aliphatic rings. The largest absolute Gasteiger partial charge is 0.292 e. The van der Waals surface area contributed by atoms with E-state index in [0.717, 1.165) is 5.56 Å². The Bertz CT molecular complexity index is 274. The summed E-state index contributed by atoms with van der Waals surface area (Å²) in [6.07, 6.45) is 0. The topological polar surface area (TPSA) is 17.1 Å². The average molecular weight is 386 g/mol. The average Bonchev–Trinajstić information content (AvgIpc) is 2.03. The molecule has 64 valence electrons. The summed E-state index contributed by atoms with van der Waals surface area (Å²) in [5.41, 5.74) is 0.781. The zero-order chi connectivity index (χ0) is 9.19. The molecule has 0 saturated carbocycles. The fourth-order valence-corrected chi connectivity index (χ4v) is 1.47. The molecular formula is C9H8I2O. The van der Waals surface area contributed by atoms with Crippen LogP contribution in [0.15, 0.2) is 30.3 Å². The fraction of sp³-hybridized carbons (Fsp3) is 0.222. The van der Waals surface area contributed by atoms with Gasteiger partial charge in [0.05, 0.1) is 0 Å². The summed E-state index contributed by atoms with van der Waals surface area (Å²) in [6, 6.07) is 9.36. The Morgan fingerprint density at radius 1 is 1.25 bits per heavy atom. The fourth-order valence-electron chi connectivity index (χ4n) is 0.843. The molecule has 0 bridgehead atoms. The maximum absolute atomic E-state index is 11.7. The second-order valence-corrected chi connectivity index (χ2v) is 8.96. The Morgan fingerprint density at radius 2 is 1.75 bits per heavy atom. The van der Waals surface area contributed by atoms with Gasteiger partial charge in [-0.1, -0.05) is 75.5 Å². The summed E-state index contributed by atoms with van der Waals surface area (Å²) in [5, 5.41) is 0. The van der Waals surface area contributed by atoms with E-state index in [4.69, 9.17) is 0 Å². The molecule has 0 unspecified atom stereocenters. The van der Waals surface area contributed by atoms with E-state index in [2.05, 4.69) is 45.2 Å². The highest BCUT2D eigenvalue weighted by Gasteiger charge is 2.26. The molecule has 0 saturated heterocycles. The van der Waals surface area contributed by atoms with Gasteiger partial charge in [-0.05, 0) is 6.92 Å². The van der Waals surface area contributed by atoms with Crippen molar-refractivity contribution in [2.45, 2.75) is 8.35 Å². The van der Waals surface area contributed by atoms with Crippen LogP contribution in [0.5, 0.6) is 0 Å². The van der Waals surface area contributed by atoms with Crippen molar-refractivity contribution in [3.8, 4) is 0 Å². The molecule has 1 aromatic rings. The van der Waals surface area contributed by atoms with Crippen molar-refractivity contribution in [1.29, 1.82) is 0 Å². The molecule has 0 atom stereocenters. The molecule has 1 rings (SSSR count). The van der Waals surface area contributed by atoms with E-state index >= 15 is 0 Å². The zero-order valence-corrected chi connectivity index (χ0v) is 10.9. The van der Waals surface area contributed by atoms with E-state index < -0.39 is 0 Å². The number of carbonyl (C=O) groups is 1. The Kier molecular flexibility index (Phi) is 3.51. The molecule has 0 aromatic heterocycles. The number of hydrogen-bond donors (Lipinski definition) is 0. The lowest BCUT2D eigenvalue weighted by Crippen LogP contribution is -2.19. The Morgan fingerprint density at radius 3 is 2.17 bits per heavy atom. The number of Topliss-reactive ketones (excluding diaryl/α,β-unsaturated/α-hetero) is 1. The second-order valence-electron chi connectivity index (χ2n) is 2.58. The Hall–Kier alpha value is 0.350. The van der Waals surface area contributed by atoms with E-state index in [0.29, 0.717) is 0 Å². The molecule has 0 spiro atoms. The number of hydrogen-bond acceptors (Lipinski definition) is 1. The summed E-state index contributed by atoms with van der Waals surface area (Å²) < 4.78 is -0.336. The van der Waals surface area contributed by atoms with Gasteiger partial charge in [0.1, 0.15) is 1.43 Å². The highest BCUT2D eigenvalue weighted by Crippen LogP contribution is 2.30. The van der Waals surface area contributed by atoms with E-state index in [1.54, 1.807) is 0 Å². The molecule has 0 aliphatic carbocycles. The van der Waals surface area contributed by atoms with Gasteiger partial charge in [0.2, 0.25) is 0 Å². The lowest BCUT2D eigenvalue weighted by molar-refractivity contribution is 0.0994. The number of halogens is 2. The van der Waals surface area contributed by atoms with E-state index in [-0.39, 0.29) is 7.21 Å². The van der Waals surface area contributed by atoms with Gasteiger partial charge in [-0.3, -0.25) is 4.79 Å². The van der Waals surface area contributed by atoms with Crippen molar-refractivity contribution in [1.82, 2.24) is 0 Å². The molecule has 12 heavy (non-hydrogen) atoms. The van der Waals surface area contributed by atoms with Gasteiger partial charge >= 0.3 is 0 Å². The molecular weight excluding hydrogens is 378 g/mol. The Labute approximate surface area is 99.2 Å². The van der Waals surface area contributed by atoms with Gasteiger partial charge in [-0.15, -0.1) is 0 Å². The SMILES string of the molecule is CC(I)(I)C(=O)c1ccccc1. The molecule has 1 aromatic carbocycles. The number of carbonyl (C=O) groups excluding carboxylic acids is 1. The minimum atomic E-state index is -0.336. The zero-order valence-electron chi connectivity index (χ0n) is 6.55. The molecule has 0 fully saturated rings. The van der Waals surface area contributed by atoms with Crippen LogP contribution in [0.2, 0.25) is 0 Å². The maximum atomic E-state index is 11.7. The summed E-state index contributed by atoms with van der Waals surface area (Å²) in [6.45, 7) is 1.91. The first-order valence-electron chi connectivity index (χ1n) is 3.49. The van der Waals surface area contributed by atoms with Gasteiger partial charge in [0.15, 0.2) is 5.78 Å². The monoisotopic (exact) mass is 386 g/mol. The predicted octanol–water partition coefficient (Wildman–Crippen LogP) is 3.46.